The van der Waals surface area contributed by atoms with Crippen LogP contribution in [0.4, 0.5) is 39.5 Å². The summed E-state index contributed by atoms with van der Waals surface area (Å²) in [6, 6.07) is 3.44. The highest BCUT2D eigenvalue weighted by Crippen LogP contribution is 2.50. The van der Waals surface area contributed by atoms with Gasteiger partial charge in [0.15, 0.2) is 0 Å². The molecule has 2 unspecified atom stereocenters. The molecule has 3 rings (SSSR count). The van der Waals surface area contributed by atoms with E-state index in [2.05, 4.69) is 20.6 Å². The number of rotatable bonds is 6. The van der Waals surface area contributed by atoms with Crippen molar-refractivity contribution in [3.05, 3.63) is 70.3 Å². The Morgan fingerprint density at radius 1 is 0.949 bits per heavy atom. The van der Waals surface area contributed by atoms with Crippen LogP contribution >= 0.6 is 0 Å². The van der Waals surface area contributed by atoms with Gasteiger partial charge in [-0.3, -0.25) is 9.59 Å². The number of oxime groups is 1. The molecule has 2 aromatic carbocycles. The third kappa shape index (κ3) is 6.28. The van der Waals surface area contributed by atoms with E-state index in [0.717, 1.165) is 0 Å². The second-order valence-corrected chi connectivity index (χ2v) is 8.59. The molecular weight excluding hydrogens is 549 g/mol. The van der Waals surface area contributed by atoms with Crippen LogP contribution in [0, 0.1) is 0 Å². The molecule has 0 spiro atoms. The zero-order valence-electron chi connectivity index (χ0n) is 20.1. The van der Waals surface area contributed by atoms with E-state index in [1.54, 1.807) is 6.92 Å². The normalized spacial score (nSPS) is 18.7. The smallest absolute Gasteiger partial charge is 0.374 e. The maximum Gasteiger partial charge on any atom is 0.435 e. The monoisotopic (exact) mass is 569 g/mol. The highest BCUT2D eigenvalue weighted by molar-refractivity contribution is 6.03. The second-order valence-electron chi connectivity index (χ2n) is 8.59. The molecule has 0 aromatic heterocycles. The number of halogens is 9. The van der Waals surface area contributed by atoms with Crippen LogP contribution in [0.3, 0.4) is 0 Å². The molecule has 0 aliphatic carbocycles. The van der Waals surface area contributed by atoms with Gasteiger partial charge in [0.05, 0.1) is 16.8 Å². The molecule has 1 aliphatic heterocycles. The maximum absolute atomic E-state index is 14.2. The molecule has 39 heavy (non-hydrogen) atoms. The molecule has 6 nitrogen and oxygen atoms in total. The highest BCUT2D eigenvalue weighted by atomic mass is 19.4. The lowest BCUT2D eigenvalue weighted by molar-refractivity contribution is -0.276. The molecule has 0 fully saturated rings. The number of carbonyl (C=O) groups is 2. The molecular formula is C24H20F9N3O3. The summed E-state index contributed by atoms with van der Waals surface area (Å²) in [5, 5.41) is 8.26. The minimum Gasteiger partial charge on any atom is -0.374 e. The van der Waals surface area contributed by atoms with Crippen LogP contribution in [-0.4, -0.2) is 36.3 Å². The summed E-state index contributed by atoms with van der Waals surface area (Å²) in [6.45, 7) is 3.43. The Labute approximate surface area is 215 Å². The highest BCUT2D eigenvalue weighted by Gasteiger charge is 2.63. The van der Waals surface area contributed by atoms with E-state index in [0.29, 0.717) is 6.54 Å². The van der Waals surface area contributed by atoms with Gasteiger partial charge in [0, 0.05) is 24.1 Å². The van der Waals surface area contributed by atoms with Crippen molar-refractivity contribution in [2.24, 2.45) is 5.16 Å². The van der Waals surface area contributed by atoms with Gasteiger partial charge in [-0.25, -0.2) is 0 Å². The first kappa shape index (κ1) is 29.8. The van der Waals surface area contributed by atoms with Gasteiger partial charge in [0.1, 0.15) is 6.04 Å². The molecule has 15 heteroatoms. The summed E-state index contributed by atoms with van der Waals surface area (Å²) in [6.07, 6.45) is -17.5. The van der Waals surface area contributed by atoms with Crippen LogP contribution < -0.4 is 10.6 Å². The Bertz CT molecular complexity index is 1240. The first-order valence-electron chi connectivity index (χ1n) is 11.2. The fourth-order valence-corrected chi connectivity index (χ4v) is 3.73. The molecule has 2 amide bonds. The largest absolute Gasteiger partial charge is 0.435 e. The SMILES string of the molecule is CCNC(=O)C(C)NC(=O)c1ccc(C2=NOC(c3cc(C(F)(F)F)cc(C(F)(F)F)c3)(C(F)(F)F)C2)cc1. The Balaban J connectivity index is 1.93. The summed E-state index contributed by atoms with van der Waals surface area (Å²) in [4.78, 5) is 28.7. The van der Waals surface area contributed by atoms with Crippen LogP contribution in [0.5, 0.6) is 0 Å². The van der Waals surface area contributed by atoms with Crippen molar-refractivity contribution in [1.82, 2.24) is 10.6 Å². The van der Waals surface area contributed by atoms with Gasteiger partial charge in [0.25, 0.3) is 11.5 Å². The van der Waals surface area contributed by atoms with E-state index in [-0.39, 0.29) is 29.3 Å². The fourth-order valence-electron chi connectivity index (χ4n) is 3.73. The van der Waals surface area contributed by atoms with Gasteiger partial charge in [-0.1, -0.05) is 17.3 Å². The van der Waals surface area contributed by atoms with Crippen molar-refractivity contribution in [3.63, 3.8) is 0 Å². The summed E-state index contributed by atoms with van der Waals surface area (Å²) in [5.74, 6) is -1.13. The number of carbonyl (C=O) groups excluding carboxylic acids is 2. The molecule has 2 N–H and O–H groups in total. The lowest BCUT2D eigenvalue weighted by Crippen LogP contribution is -2.44. The van der Waals surface area contributed by atoms with Crippen molar-refractivity contribution < 1.29 is 53.9 Å². The van der Waals surface area contributed by atoms with Crippen molar-refractivity contribution in [1.29, 1.82) is 0 Å². The Morgan fingerprint density at radius 2 is 1.49 bits per heavy atom. The summed E-state index contributed by atoms with van der Waals surface area (Å²) < 4.78 is 122. The van der Waals surface area contributed by atoms with Crippen molar-refractivity contribution >= 4 is 17.5 Å². The Morgan fingerprint density at radius 3 is 1.95 bits per heavy atom. The van der Waals surface area contributed by atoms with Crippen molar-refractivity contribution in [2.75, 3.05) is 6.54 Å². The first-order valence-corrected chi connectivity index (χ1v) is 11.2. The van der Waals surface area contributed by atoms with Crippen LogP contribution in [0.2, 0.25) is 0 Å². The molecule has 0 saturated carbocycles. The van der Waals surface area contributed by atoms with Gasteiger partial charge >= 0.3 is 18.5 Å². The van der Waals surface area contributed by atoms with Crippen LogP contribution in [-0.2, 0) is 27.6 Å². The number of hydrogen-bond donors (Lipinski definition) is 2. The topological polar surface area (TPSA) is 79.8 Å². The van der Waals surface area contributed by atoms with Crippen LogP contribution in [0.15, 0.2) is 47.6 Å². The van der Waals surface area contributed by atoms with E-state index >= 15 is 0 Å². The number of alkyl halides is 9. The molecule has 1 aliphatic rings. The maximum atomic E-state index is 14.2. The minimum atomic E-state index is -5.47. The zero-order chi connectivity index (χ0) is 29.4. The van der Waals surface area contributed by atoms with E-state index in [4.69, 9.17) is 0 Å². The van der Waals surface area contributed by atoms with E-state index in [9.17, 15) is 49.1 Å². The number of benzene rings is 2. The van der Waals surface area contributed by atoms with E-state index < -0.39 is 70.8 Å². The molecule has 2 atom stereocenters. The van der Waals surface area contributed by atoms with Crippen LogP contribution in [0.1, 0.15) is 52.9 Å². The number of amides is 2. The third-order valence-corrected chi connectivity index (χ3v) is 5.81. The Kier molecular flexibility index (Phi) is 7.95. The molecule has 0 saturated heterocycles. The van der Waals surface area contributed by atoms with Crippen molar-refractivity contribution in [3.8, 4) is 0 Å². The fraction of sp³-hybridized carbons (Fsp3) is 0.375. The molecule has 1 heterocycles. The lowest BCUT2D eigenvalue weighted by atomic mass is 9.84. The molecule has 0 radical (unpaired) electrons. The molecule has 0 bridgehead atoms. The summed E-state index contributed by atoms with van der Waals surface area (Å²) >= 11 is 0. The average molecular weight is 569 g/mol. The number of nitrogens with zero attached hydrogens (tertiary/aromatic N) is 1. The van der Waals surface area contributed by atoms with Gasteiger partial charge < -0.3 is 15.5 Å². The first-order chi connectivity index (χ1) is 17.9. The lowest BCUT2D eigenvalue weighted by Gasteiger charge is -2.30. The van der Waals surface area contributed by atoms with E-state index in [1.807, 2.05) is 0 Å². The standard InChI is InChI=1S/C24H20F9N3O3/c1-3-34-19(37)12(2)35-20(38)14-6-4-13(5-7-14)18-11-21(39-36-18,24(31,32)33)15-8-16(22(25,26)27)10-17(9-15)23(28,29)30/h4-10,12H,3,11H2,1-2H3,(H,34,37)(H,35,38). The van der Waals surface area contributed by atoms with Gasteiger partial charge in [0.2, 0.25) is 5.91 Å². The van der Waals surface area contributed by atoms with Crippen molar-refractivity contribution in [2.45, 2.75) is 50.4 Å². The minimum absolute atomic E-state index is 0.0178. The zero-order valence-corrected chi connectivity index (χ0v) is 20.1. The summed E-state index contributed by atoms with van der Waals surface area (Å²) in [5.41, 5.74) is -9.38. The molecule has 2 aromatic rings. The number of nitrogens with one attached hydrogen (secondary N) is 2. The summed E-state index contributed by atoms with van der Waals surface area (Å²) in [7, 11) is 0. The number of likely N-dealkylation sites (N-methyl/N-ethyl adjacent to an activating group) is 1. The van der Waals surface area contributed by atoms with Gasteiger partial charge in [-0.2, -0.15) is 39.5 Å². The third-order valence-electron chi connectivity index (χ3n) is 5.81. The van der Waals surface area contributed by atoms with Gasteiger partial charge in [-0.05, 0) is 49.7 Å². The molecule has 212 valence electrons. The average Bonchev–Trinajstić information content (AvgIpc) is 3.30. The van der Waals surface area contributed by atoms with E-state index in [1.165, 1.54) is 31.2 Å². The number of hydrogen-bond acceptors (Lipinski definition) is 4. The van der Waals surface area contributed by atoms with Crippen LogP contribution in [0.25, 0.3) is 0 Å². The predicted octanol–water partition coefficient (Wildman–Crippen LogP) is 5.56. The second kappa shape index (κ2) is 10.4. The Hall–Kier alpha value is -3.78. The quantitative estimate of drug-likeness (QED) is 0.448. The predicted molar refractivity (Wildman–Crippen MR) is 118 cm³/mol. The van der Waals surface area contributed by atoms with Gasteiger partial charge in [-0.15, -0.1) is 0 Å².